The Labute approximate surface area is 140 Å². The summed E-state index contributed by atoms with van der Waals surface area (Å²) in [5.41, 5.74) is 1.02. The average Bonchev–Trinajstić information content (AvgIpc) is 3.12. The molecule has 1 unspecified atom stereocenters. The van der Waals surface area contributed by atoms with Crippen LogP contribution in [0.15, 0.2) is 4.52 Å². The summed E-state index contributed by atoms with van der Waals surface area (Å²) in [6.07, 6.45) is 3.81. The summed E-state index contributed by atoms with van der Waals surface area (Å²) in [5.74, 6) is 1.68. The van der Waals surface area contributed by atoms with Crippen molar-refractivity contribution in [1.29, 1.82) is 0 Å². The van der Waals surface area contributed by atoms with Gasteiger partial charge in [-0.25, -0.2) is 0 Å². The summed E-state index contributed by atoms with van der Waals surface area (Å²) < 4.78 is 5.34. The van der Waals surface area contributed by atoms with Crippen molar-refractivity contribution in [3.8, 4) is 0 Å². The molecule has 1 aliphatic carbocycles. The van der Waals surface area contributed by atoms with Crippen LogP contribution in [0.1, 0.15) is 55.4 Å². The molecule has 1 saturated heterocycles. The molecule has 1 atom stereocenters. The molecule has 2 amide bonds. The Morgan fingerprint density at radius 1 is 1.30 bits per heavy atom. The van der Waals surface area contributed by atoms with Crippen LogP contribution in [0, 0.1) is 0 Å². The number of hydrogen-bond donors (Lipinski definition) is 1. The quantitative estimate of drug-likeness (QED) is 0.893. The fraction of sp³-hybridized carbons (Fsp3) is 0.688. The van der Waals surface area contributed by atoms with Gasteiger partial charge in [0.05, 0.1) is 5.88 Å². The number of fused-ring (bicyclic) bond motifs is 1. The molecule has 3 rings (SSSR count). The van der Waals surface area contributed by atoms with Crippen LogP contribution in [0.5, 0.6) is 0 Å². The molecular weight excluding hydrogens is 314 g/mol. The van der Waals surface area contributed by atoms with Gasteiger partial charge in [0.15, 0.2) is 5.69 Å². The Morgan fingerprint density at radius 2 is 2.04 bits per heavy atom. The van der Waals surface area contributed by atoms with Crippen molar-refractivity contribution >= 4 is 23.6 Å². The number of nitrogens with one attached hydrogen (secondary N) is 1. The molecule has 23 heavy (non-hydrogen) atoms. The molecule has 1 aromatic heterocycles. The van der Waals surface area contributed by atoms with Gasteiger partial charge in [-0.15, -0.1) is 11.8 Å². The van der Waals surface area contributed by atoms with E-state index in [9.17, 15) is 9.59 Å². The minimum absolute atomic E-state index is 0.104. The van der Waals surface area contributed by atoms with Gasteiger partial charge in [-0.2, -0.15) is 0 Å². The van der Waals surface area contributed by atoms with Crippen LogP contribution >= 0.6 is 11.8 Å². The second-order valence-corrected chi connectivity index (χ2v) is 8.17. The number of rotatable bonds is 2. The molecule has 0 saturated carbocycles. The Hall–Kier alpha value is -1.50. The van der Waals surface area contributed by atoms with Crippen molar-refractivity contribution in [1.82, 2.24) is 15.4 Å². The molecular formula is C16H23N3O3S. The predicted molar refractivity (Wildman–Crippen MR) is 88.3 cm³/mol. The van der Waals surface area contributed by atoms with Gasteiger partial charge >= 0.3 is 0 Å². The van der Waals surface area contributed by atoms with Crippen molar-refractivity contribution in [2.24, 2.45) is 0 Å². The van der Waals surface area contributed by atoms with Gasteiger partial charge < -0.3 is 14.7 Å². The highest BCUT2D eigenvalue weighted by molar-refractivity contribution is 7.99. The molecule has 2 aliphatic rings. The highest BCUT2D eigenvalue weighted by Crippen LogP contribution is 2.28. The van der Waals surface area contributed by atoms with Crippen LogP contribution in [0.4, 0.5) is 0 Å². The standard InChI is InChI=1S/C16H23N3O3S/c1-16(2,3)17-14(20)11-8-23-9-19(11)15(21)13-10-6-4-5-7-12(10)22-18-13/h11H,4-9H2,1-3H3,(H,17,20). The van der Waals surface area contributed by atoms with Crippen molar-refractivity contribution in [3.05, 3.63) is 17.0 Å². The molecule has 1 fully saturated rings. The summed E-state index contributed by atoms with van der Waals surface area (Å²) in [6.45, 7) is 5.81. The summed E-state index contributed by atoms with van der Waals surface area (Å²) in [7, 11) is 0. The van der Waals surface area contributed by atoms with Crippen molar-refractivity contribution in [3.63, 3.8) is 0 Å². The maximum atomic E-state index is 12.9. The fourth-order valence-electron chi connectivity index (χ4n) is 3.00. The normalized spacial score (nSPS) is 21.2. The van der Waals surface area contributed by atoms with Gasteiger partial charge in [-0.05, 0) is 40.0 Å². The minimum Gasteiger partial charge on any atom is -0.360 e. The molecule has 0 bridgehead atoms. The fourth-order valence-corrected chi connectivity index (χ4v) is 4.16. The van der Waals surface area contributed by atoms with Gasteiger partial charge in [-0.1, -0.05) is 5.16 Å². The number of carbonyl (C=O) groups excluding carboxylic acids is 2. The molecule has 0 radical (unpaired) electrons. The third-order valence-electron chi connectivity index (χ3n) is 4.10. The maximum Gasteiger partial charge on any atom is 0.277 e. The number of thioether (sulfide) groups is 1. The number of carbonyl (C=O) groups is 2. The van der Waals surface area contributed by atoms with E-state index < -0.39 is 6.04 Å². The molecule has 2 heterocycles. The summed E-state index contributed by atoms with van der Waals surface area (Å²) in [4.78, 5) is 27.0. The number of hydrogen-bond acceptors (Lipinski definition) is 5. The first-order valence-electron chi connectivity index (χ1n) is 8.05. The number of aryl methyl sites for hydroxylation is 1. The maximum absolute atomic E-state index is 12.9. The Morgan fingerprint density at radius 3 is 2.78 bits per heavy atom. The minimum atomic E-state index is -0.442. The van der Waals surface area contributed by atoms with E-state index in [1.807, 2.05) is 20.8 Å². The molecule has 6 nitrogen and oxygen atoms in total. The summed E-state index contributed by atoms with van der Waals surface area (Å²) in [6, 6.07) is -0.442. The summed E-state index contributed by atoms with van der Waals surface area (Å²) in [5, 5.41) is 6.97. The van der Waals surface area contributed by atoms with E-state index in [-0.39, 0.29) is 17.4 Å². The second kappa shape index (κ2) is 6.19. The third kappa shape index (κ3) is 3.39. The van der Waals surface area contributed by atoms with E-state index in [0.717, 1.165) is 37.0 Å². The number of aromatic nitrogens is 1. The van der Waals surface area contributed by atoms with Crippen LogP contribution in [-0.2, 0) is 17.6 Å². The lowest BCUT2D eigenvalue weighted by atomic mass is 9.96. The molecule has 1 aromatic rings. The predicted octanol–water partition coefficient (Wildman–Crippen LogP) is 1.98. The zero-order chi connectivity index (χ0) is 16.6. The summed E-state index contributed by atoms with van der Waals surface area (Å²) >= 11 is 1.59. The van der Waals surface area contributed by atoms with Crippen molar-refractivity contribution in [2.45, 2.75) is 58.0 Å². The smallest absolute Gasteiger partial charge is 0.277 e. The average molecular weight is 337 g/mol. The third-order valence-corrected chi connectivity index (χ3v) is 5.11. The zero-order valence-corrected chi connectivity index (χ0v) is 14.7. The van der Waals surface area contributed by atoms with Crippen LogP contribution in [0.2, 0.25) is 0 Å². The van der Waals surface area contributed by atoms with E-state index in [1.165, 1.54) is 0 Å². The Kier molecular flexibility index (Phi) is 4.40. The van der Waals surface area contributed by atoms with Gasteiger partial charge in [0.2, 0.25) is 5.91 Å². The van der Waals surface area contributed by atoms with Crippen LogP contribution in [-0.4, -0.2) is 45.1 Å². The van der Waals surface area contributed by atoms with Crippen molar-refractivity contribution < 1.29 is 14.1 Å². The first-order chi connectivity index (χ1) is 10.9. The molecule has 1 N–H and O–H groups in total. The van der Waals surface area contributed by atoms with Gasteiger partial charge in [0.25, 0.3) is 5.91 Å². The van der Waals surface area contributed by atoms with Gasteiger partial charge in [0, 0.05) is 23.3 Å². The lowest BCUT2D eigenvalue weighted by molar-refractivity contribution is -0.125. The van der Waals surface area contributed by atoms with Gasteiger partial charge in [0.1, 0.15) is 11.8 Å². The largest absolute Gasteiger partial charge is 0.360 e. The first-order valence-corrected chi connectivity index (χ1v) is 9.20. The molecule has 0 aromatic carbocycles. The van der Waals surface area contributed by atoms with Gasteiger partial charge in [-0.3, -0.25) is 9.59 Å². The second-order valence-electron chi connectivity index (χ2n) is 7.17. The highest BCUT2D eigenvalue weighted by Gasteiger charge is 2.38. The monoisotopic (exact) mass is 337 g/mol. The zero-order valence-electron chi connectivity index (χ0n) is 13.8. The highest BCUT2D eigenvalue weighted by atomic mass is 32.2. The van der Waals surface area contributed by atoms with E-state index in [2.05, 4.69) is 10.5 Å². The van der Waals surface area contributed by atoms with Crippen LogP contribution in [0.3, 0.4) is 0 Å². The molecule has 7 heteroatoms. The molecule has 126 valence electrons. The van der Waals surface area contributed by atoms with Crippen LogP contribution in [0.25, 0.3) is 0 Å². The lowest BCUT2D eigenvalue weighted by Crippen LogP contribution is -2.52. The van der Waals surface area contributed by atoms with E-state index >= 15 is 0 Å². The first kappa shape index (κ1) is 16.4. The van der Waals surface area contributed by atoms with Crippen LogP contribution < -0.4 is 5.32 Å². The molecule has 1 aliphatic heterocycles. The lowest BCUT2D eigenvalue weighted by Gasteiger charge is -2.27. The number of amides is 2. The topological polar surface area (TPSA) is 75.4 Å². The van der Waals surface area contributed by atoms with E-state index in [0.29, 0.717) is 17.3 Å². The number of nitrogens with zero attached hydrogens (tertiary/aromatic N) is 2. The molecule has 0 spiro atoms. The SMILES string of the molecule is CC(C)(C)NC(=O)C1CSCN1C(=O)c1noc2c1CCCC2. The Bertz CT molecular complexity index is 621. The van der Waals surface area contributed by atoms with E-state index in [1.54, 1.807) is 16.7 Å². The van der Waals surface area contributed by atoms with E-state index in [4.69, 9.17) is 4.52 Å². The van der Waals surface area contributed by atoms with Crippen molar-refractivity contribution in [2.75, 3.05) is 11.6 Å². The Balaban J connectivity index is 1.78.